The molecule has 4 rings (SSSR count). The number of likely N-dealkylation sites (N-methyl/N-ethyl adjacent to an activating group) is 1. The highest BCUT2D eigenvalue weighted by atomic mass is 19.4. The van der Waals surface area contributed by atoms with Crippen molar-refractivity contribution in [2.24, 2.45) is 0 Å². The van der Waals surface area contributed by atoms with Gasteiger partial charge >= 0.3 is 6.18 Å². The lowest BCUT2D eigenvalue weighted by Crippen LogP contribution is -2.44. The SMILES string of the molecule is CN1CCN(c2ccc(NC(=O)c3cnn(-c4ccccc4)n3)c(C(F)(F)F)c2)CC1. The van der Waals surface area contributed by atoms with Gasteiger partial charge in [0.2, 0.25) is 0 Å². The molecular formula is C21H21F3N6O. The van der Waals surface area contributed by atoms with Crippen LogP contribution in [-0.4, -0.2) is 59.0 Å². The van der Waals surface area contributed by atoms with Crippen molar-refractivity contribution < 1.29 is 18.0 Å². The molecular weight excluding hydrogens is 409 g/mol. The minimum Gasteiger partial charge on any atom is -0.369 e. The molecule has 31 heavy (non-hydrogen) atoms. The molecule has 0 saturated carbocycles. The summed E-state index contributed by atoms with van der Waals surface area (Å²) in [4.78, 5) is 17.8. The molecule has 3 aromatic rings. The van der Waals surface area contributed by atoms with Crippen LogP contribution in [0.4, 0.5) is 24.5 Å². The molecule has 162 valence electrons. The number of hydrogen-bond donors (Lipinski definition) is 1. The molecule has 0 bridgehead atoms. The Balaban J connectivity index is 1.56. The molecule has 1 saturated heterocycles. The van der Waals surface area contributed by atoms with E-state index in [0.29, 0.717) is 24.5 Å². The molecule has 1 fully saturated rings. The third-order valence-electron chi connectivity index (χ3n) is 5.14. The van der Waals surface area contributed by atoms with Gasteiger partial charge in [-0.15, -0.1) is 5.10 Å². The van der Waals surface area contributed by atoms with Gasteiger partial charge in [-0.05, 0) is 37.4 Å². The predicted molar refractivity (Wildman–Crippen MR) is 110 cm³/mol. The average molecular weight is 430 g/mol. The number of carbonyl (C=O) groups is 1. The molecule has 0 radical (unpaired) electrons. The van der Waals surface area contributed by atoms with Crippen molar-refractivity contribution in [3.8, 4) is 5.69 Å². The normalized spacial score (nSPS) is 15.2. The van der Waals surface area contributed by atoms with Crippen LogP contribution < -0.4 is 10.2 Å². The van der Waals surface area contributed by atoms with E-state index in [0.717, 1.165) is 19.2 Å². The Kier molecular flexibility index (Phi) is 5.64. The minimum atomic E-state index is -4.62. The molecule has 0 unspecified atom stereocenters. The minimum absolute atomic E-state index is 0.0832. The van der Waals surface area contributed by atoms with E-state index in [4.69, 9.17) is 0 Å². The number of nitrogens with one attached hydrogen (secondary N) is 1. The van der Waals surface area contributed by atoms with Gasteiger partial charge in [0.15, 0.2) is 5.69 Å². The van der Waals surface area contributed by atoms with E-state index in [2.05, 4.69) is 20.4 Å². The number of amides is 1. The number of carbonyl (C=O) groups excluding carboxylic acids is 1. The Morgan fingerprint density at radius 1 is 1.00 bits per heavy atom. The summed E-state index contributed by atoms with van der Waals surface area (Å²) in [7, 11) is 1.98. The molecule has 7 nitrogen and oxygen atoms in total. The Bertz CT molecular complexity index is 1060. The smallest absolute Gasteiger partial charge is 0.369 e. The summed E-state index contributed by atoms with van der Waals surface area (Å²) in [6, 6.07) is 12.9. The lowest BCUT2D eigenvalue weighted by molar-refractivity contribution is -0.136. The van der Waals surface area contributed by atoms with Crippen molar-refractivity contribution in [3.63, 3.8) is 0 Å². The van der Waals surface area contributed by atoms with E-state index >= 15 is 0 Å². The third-order valence-corrected chi connectivity index (χ3v) is 5.14. The zero-order valence-corrected chi connectivity index (χ0v) is 16.8. The van der Waals surface area contributed by atoms with E-state index in [9.17, 15) is 18.0 Å². The molecule has 1 aliphatic heterocycles. The van der Waals surface area contributed by atoms with Crippen LogP contribution in [0.25, 0.3) is 5.69 Å². The van der Waals surface area contributed by atoms with Gasteiger partial charge in [-0.3, -0.25) is 4.79 Å². The van der Waals surface area contributed by atoms with E-state index in [1.165, 1.54) is 17.1 Å². The first kappa shape index (κ1) is 20.9. The standard InChI is InChI=1S/C21H21F3N6O/c1-28-9-11-29(12-10-28)16-7-8-18(17(13-16)21(22,23)24)26-20(31)19-14-25-30(27-19)15-5-3-2-4-6-15/h2-8,13-14H,9-12H2,1H3,(H,26,31). The fourth-order valence-corrected chi connectivity index (χ4v) is 3.38. The van der Waals surface area contributed by atoms with Crippen LogP contribution in [0.15, 0.2) is 54.7 Å². The van der Waals surface area contributed by atoms with Crippen LogP contribution in [-0.2, 0) is 6.18 Å². The first-order valence-electron chi connectivity index (χ1n) is 9.75. The molecule has 2 heterocycles. The fraction of sp³-hybridized carbons (Fsp3) is 0.286. The Morgan fingerprint density at radius 2 is 1.71 bits per heavy atom. The number of aromatic nitrogens is 3. The summed E-state index contributed by atoms with van der Waals surface area (Å²) >= 11 is 0. The van der Waals surface area contributed by atoms with Gasteiger partial charge in [0.25, 0.3) is 5.91 Å². The molecule has 0 spiro atoms. The second-order valence-corrected chi connectivity index (χ2v) is 7.33. The van der Waals surface area contributed by atoms with E-state index in [1.54, 1.807) is 30.3 Å². The number of para-hydroxylation sites is 1. The molecule has 1 N–H and O–H groups in total. The molecule has 2 aromatic carbocycles. The maximum atomic E-state index is 13.7. The van der Waals surface area contributed by atoms with Crippen LogP contribution in [0.5, 0.6) is 0 Å². The number of halogens is 3. The van der Waals surface area contributed by atoms with E-state index in [1.807, 2.05) is 18.0 Å². The van der Waals surface area contributed by atoms with E-state index in [-0.39, 0.29) is 11.4 Å². The lowest BCUT2D eigenvalue weighted by atomic mass is 10.1. The van der Waals surface area contributed by atoms with Crippen molar-refractivity contribution in [2.75, 3.05) is 43.4 Å². The van der Waals surface area contributed by atoms with Crippen LogP contribution >= 0.6 is 0 Å². The topological polar surface area (TPSA) is 66.3 Å². The molecule has 0 atom stereocenters. The van der Waals surface area contributed by atoms with Crippen molar-refractivity contribution in [1.82, 2.24) is 19.9 Å². The number of benzene rings is 2. The first-order valence-corrected chi connectivity index (χ1v) is 9.75. The highest BCUT2D eigenvalue weighted by Crippen LogP contribution is 2.37. The lowest BCUT2D eigenvalue weighted by Gasteiger charge is -2.34. The van der Waals surface area contributed by atoms with Crippen molar-refractivity contribution in [2.45, 2.75) is 6.18 Å². The Labute approximate surface area is 177 Å². The number of alkyl halides is 3. The number of hydrogen-bond acceptors (Lipinski definition) is 5. The highest BCUT2D eigenvalue weighted by Gasteiger charge is 2.35. The average Bonchev–Trinajstić information content (AvgIpc) is 3.25. The molecule has 1 aliphatic rings. The molecule has 1 aromatic heterocycles. The Morgan fingerprint density at radius 3 is 2.39 bits per heavy atom. The second-order valence-electron chi connectivity index (χ2n) is 7.33. The highest BCUT2D eigenvalue weighted by molar-refractivity contribution is 6.03. The largest absolute Gasteiger partial charge is 0.418 e. The summed E-state index contributed by atoms with van der Waals surface area (Å²) in [6.45, 7) is 2.83. The van der Waals surface area contributed by atoms with E-state index < -0.39 is 17.6 Å². The Hall–Kier alpha value is -3.40. The second kappa shape index (κ2) is 8.38. The summed E-state index contributed by atoms with van der Waals surface area (Å²) in [5, 5.41) is 10.4. The van der Waals surface area contributed by atoms with Crippen LogP contribution in [0.3, 0.4) is 0 Å². The van der Waals surface area contributed by atoms with Crippen molar-refractivity contribution >= 4 is 17.3 Å². The first-order chi connectivity index (χ1) is 14.8. The summed E-state index contributed by atoms with van der Waals surface area (Å²) < 4.78 is 41.2. The van der Waals surface area contributed by atoms with Crippen molar-refractivity contribution in [3.05, 3.63) is 66.0 Å². The predicted octanol–water partition coefficient (Wildman–Crippen LogP) is 3.29. The van der Waals surface area contributed by atoms with Crippen molar-refractivity contribution in [1.29, 1.82) is 0 Å². The summed E-state index contributed by atoms with van der Waals surface area (Å²) in [6.07, 6.45) is -3.40. The maximum absolute atomic E-state index is 13.7. The quantitative estimate of drug-likeness (QED) is 0.688. The van der Waals surface area contributed by atoms with Gasteiger partial charge in [0, 0.05) is 31.9 Å². The van der Waals surface area contributed by atoms with Gasteiger partial charge in [0.1, 0.15) is 0 Å². The van der Waals surface area contributed by atoms with Crippen LogP contribution in [0.1, 0.15) is 16.1 Å². The monoisotopic (exact) mass is 430 g/mol. The molecule has 10 heteroatoms. The van der Waals surface area contributed by atoms with Gasteiger partial charge in [-0.1, -0.05) is 18.2 Å². The van der Waals surface area contributed by atoms with Crippen LogP contribution in [0, 0.1) is 0 Å². The summed E-state index contributed by atoms with van der Waals surface area (Å²) in [5.41, 5.74) is -0.181. The van der Waals surface area contributed by atoms with Gasteiger partial charge in [-0.25, -0.2) is 0 Å². The summed E-state index contributed by atoms with van der Waals surface area (Å²) in [5.74, 6) is -0.764. The number of nitrogens with zero attached hydrogens (tertiary/aromatic N) is 5. The molecule has 0 aliphatic carbocycles. The maximum Gasteiger partial charge on any atom is 0.418 e. The third kappa shape index (κ3) is 4.69. The zero-order valence-electron chi connectivity index (χ0n) is 16.8. The van der Waals surface area contributed by atoms with Crippen LogP contribution in [0.2, 0.25) is 0 Å². The van der Waals surface area contributed by atoms with Gasteiger partial charge < -0.3 is 15.1 Å². The number of rotatable bonds is 4. The van der Waals surface area contributed by atoms with Gasteiger partial charge in [0.05, 0.1) is 23.1 Å². The number of piperazine rings is 1. The molecule has 1 amide bonds. The fourth-order valence-electron chi connectivity index (χ4n) is 3.38. The van der Waals surface area contributed by atoms with Gasteiger partial charge in [-0.2, -0.15) is 23.1 Å². The zero-order chi connectivity index (χ0) is 22.0. The number of anilines is 2.